The molecular weight excluding hydrogens is 244 g/mol. The van der Waals surface area contributed by atoms with E-state index in [1.54, 1.807) is 11.8 Å². The highest BCUT2D eigenvalue weighted by Crippen LogP contribution is 2.02. The molecule has 0 aromatic heterocycles. The summed E-state index contributed by atoms with van der Waals surface area (Å²) in [4.78, 5) is 0. The van der Waals surface area contributed by atoms with Crippen LogP contribution in [0.4, 0.5) is 0 Å². The van der Waals surface area contributed by atoms with E-state index >= 15 is 0 Å². The summed E-state index contributed by atoms with van der Waals surface area (Å²) in [5.41, 5.74) is 0. The number of hydrogen-bond donors (Lipinski definition) is 2. The maximum atomic E-state index is 11.6. The summed E-state index contributed by atoms with van der Waals surface area (Å²) >= 11 is 1.75. The van der Waals surface area contributed by atoms with E-state index in [2.05, 4.69) is 17.0 Å². The van der Waals surface area contributed by atoms with Gasteiger partial charge in [-0.2, -0.15) is 11.8 Å². The highest BCUT2D eigenvalue weighted by molar-refractivity contribution is 7.99. The van der Waals surface area contributed by atoms with Gasteiger partial charge in [-0.25, -0.2) is 13.1 Å². The molecule has 0 rings (SSSR count). The fraction of sp³-hybridized carbons (Fsp3) is 1.00. The quantitative estimate of drug-likeness (QED) is 0.581. The molecule has 1 atom stereocenters. The van der Waals surface area contributed by atoms with E-state index in [4.69, 9.17) is 0 Å². The van der Waals surface area contributed by atoms with Gasteiger partial charge in [0.1, 0.15) is 0 Å². The van der Waals surface area contributed by atoms with Gasteiger partial charge in [-0.3, -0.25) is 0 Å². The predicted molar refractivity (Wildman–Crippen MR) is 72.5 cm³/mol. The first-order chi connectivity index (χ1) is 7.52. The topological polar surface area (TPSA) is 58.2 Å². The molecule has 0 fully saturated rings. The van der Waals surface area contributed by atoms with Crippen molar-refractivity contribution in [2.24, 2.45) is 0 Å². The van der Waals surface area contributed by atoms with Gasteiger partial charge in [-0.15, -0.1) is 0 Å². The first-order valence-corrected chi connectivity index (χ1v) is 8.61. The highest BCUT2D eigenvalue weighted by Gasteiger charge is 2.13. The van der Waals surface area contributed by atoms with Crippen molar-refractivity contribution >= 4 is 21.8 Å². The first kappa shape index (κ1) is 16.2. The Kier molecular flexibility index (Phi) is 9.40. The van der Waals surface area contributed by atoms with Crippen LogP contribution in [0.2, 0.25) is 0 Å². The van der Waals surface area contributed by atoms with Gasteiger partial charge in [-0.1, -0.05) is 13.8 Å². The van der Waals surface area contributed by atoms with Gasteiger partial charge in [0.25, 0.3) is 0 Å². The third kappa shape index (κ3) is 9.45. The fourth-order valence-corrected chi connectivity index (χ4v) is 3.37. The van der Waals surface area contributed by atoms with Crippen LogP contribution >= 0.6 is 11.8 Å². The van der Waals surface area contributed by atoms with Crippen LogP contribution in [-0.2, 0) is 10.0 Å². The maximum Gasteiger partial charge on any atom is 0.211 e. The van der Waals surface area contributed by atoms with Gasteiger partial charge in [0, 0.05) is 11.8 Å². The highest BCUT2D eigenvalue weighted by atomic mass is 32.2. The van der Waals surface area contributed by atoms with Gasteiger partial charge < -0.3 is 5.32 Å². The summed E-state index contributed by atoms with van der Waals surface area (Å²) in [6.07, 6.45) is 0.664. The number of sulfonamides is 1. The molecular formula is C10H24N2O2S2. The van der Waals surface area contributed by atoms with Crippen molar-refractivity contribution < 1.29 is 8.42 Å². The lowest BCUT2D eigenvalue weighted by atomic mass is 10.4. The number of thioether (sulfide) groups is 1. The van der Waals surface area contributed by atoms with Crippen molar-refractivity contribution in [1.29, 1.82) is 0 Å². The van der Waals surface area contributed by atoms with Crippen LogP contribution < -0.4 is 10.0 Å². The molecule has 0 saturated carbocycles. The molecule has 6 heteroatoms. The van der Waals surface area contributed by atoms with E-state index in [1.165, 1.54) is 0 Å². The van der Waals surface area contributed by atoms with Gasteiger partial charge in [-0.05, 0) is 32.2 Å². The first-order valence-electron chi connectivity index (χ1n) is 5.80. The Bertz CT molecular complexity index is 256. The van der Waals surface area contributed by atoms with Crippen LogP contribution in [0.1, 0.15) is 27.2 Å². The van der Waals surface area contributed by atoms with Crippen LogP contribution in [-0.4, -0.2) is 44.8 Å². The lowest BCUT2D eigenvalue weighted by molar-refractivity contribution is 0.566. The zero-order valence-corrected chi connectivity index (χ0v) is 12.1. The lowest BCUT2D eigenvalue weighted by Crippen LogP contribution is -2.36. The molecule has 4 nitrogen and oxygen atoms in total. The molecule has 0 bridgehead atoms. The van der Waals surface area contributed by atoms with Crippen molar-refractivity contribution in [2.75, 3.05) is 30.3 Å². The van der Waals surface area contributed by atoms with E-state index in [1.807, 2.05) is 13.8 Å². The van der Waals surface area contributed by atoms with Crippen molar-refractivity contribution in [2.45, 2.75) is 33.2 Å². The Hall–Kier alpha value is 0.220. The molecule has 0 saturated heterocycles. The van der Waals surface area contributed by atoms with Crippen LogP contribution in [0, 0.1) is 0 Å². The fourth-order valence-electron chi connectivity index (χ4n) is 1.26. The van der Waals surface area contributed by atoms with E-state index in [0.717, 1.165) is 24.6 Å². The summed E-state index contributed by atoms with van der Waals surface area (Å²) in [6, 6.07) is 0.0223. The van der Waals surface area contributed by atoms with Crippen LogP contribution in [0.25, 0.3) is 0 Å². The molecule has 16 heavy (non-hydrogen) atoms. The second-order valence-corrected chi connectivity index (χ2v) is 6.90. The molecule has 2 N–H and O–H groups in total. The summed E-state index contributed by atoms with van der Waals surface area (Å²) in [7, 11) is -3.10. The summed E-state index contributed by atoms with van der Waals surface area (Å²) in [5, 5.41) is 3.11. The Morgan fingerprint density at radius 2 is 2.00 bits per heavy atom. The van der Waals surface area contributed by atoms with Gasteiger partial charge in [0.05, 0.1) is 5.75 Å². The predicted octanol–water partition coefficient (Wildman–Crippen LogP) is 1.05. The van der Waals surface area contributed by atoms with E-state index in [0.29, 0.717) is 6.42 Å². The molecule has 0 aliphatic rings. The minimum atomic E-state index is -3.10. The number of nitrogens with one attached hydrogen (secondary N) is 2. The van der Waals surface area contributed by atoms with Gasteiger partial charge in [0.15, 0.2) is 0 Å². The minimum absolute atomic E-state index is 0.0223. The molecule has 0 amide bonds. The number of hydrogen-bond acceptors (Lipinski definition) is 4. The molecule has 1 unspecified atom stereocenters. The number of rotatable bonds is 10. The molecule has 0 heterocycles. The zero-order chi connectivity index (χ0) is 12.4. The minimum Gasteiger partial charge on any atom is -0.317 e. The third-order valence-corrected chi connectivity index (χ3v) is 4.70. The Labute approximate surface area is 104 Å². The monoisotopic (exact) mass is 268 g/mol. The molecule has 0 aromatic carbocycles. The van der Waals surface area contributed by atoms with Gasteiger partial charge >= 0.3 is 0 Å². The second-order valence-electron chi connectivity index (χ2n) is 3.70. The average Bonchev–Trinajstić information content (AvgIpc) is 2.21. The van der Waals surface area contributed by atoms with E-state index in [9.17, 15) is 8.42 Å². The van der Waals surface area contributed by atoms with E-state index in [-0.39, 0.29) is 11.8 Å². The van der Waals surface area contributed by atoms with Crippen molar-refractivity contribution in [3.63, 3.8) is 0 Å². The molecule has 0 spiro atoms. The Morgan fingerprint density at radius 1 is 1.31 bits per heavy atom. The molecule has 0 aliphatic carbocycles. The molecule has 0 aromatic rings. The van der Waals surface area contributed by atoms with Crippen LogP contribution in [0.5, 0.6) is 0 Å². The van der Waals surface area contributed by atoms with Crippen molar-refractivity contribution in [1.82, 2.24) is 10.0 Å². The Balaban J connectivity index is 3.76. The smallest absolute Gasteiger partial charge is 0.211 e. The summed E-state index contributed by atoms with van der Waals surface area (Å²) in [6.45, 7) is 7.64. The molecule has 98 valence electrons. The molecule has 0 radical (unpaired) electrons. The summed E-state index contributed by atoms with van der Waals surface area (Å²) in [5.74, 6) is 2.07. The maximum absolute atomic E-state index is 11.6. The lowest BCUT2D eigenvalue weighted by Gasteiger charge is -2.13. The second kappa shape index (κ2) is 9.27. The molecule has 0 aliphatic heterocycles. The standard InChI is InChI=1S/C10H24N2O2S2/c1-4-11-7-6-8-16(13,14)12-10(3)9-15-5-2/h10-12H,4-9H2,1-3H3. The van der Waals surface area contributed by atoms with Crippen molar-refractivity contribution in [3.05, 3.63) is 0 Å². The zero-order valence-electron chi connectivity index (χ0n) is 10.5. The van der Waals surface area contributed by atoms with Crippen LogP contribution in [0.15, 0.2) is 0 Å². The SMILES string of the molecule is CCNCCCS(=O)(=O)NC(C)CSCC. The van der Waals surface area contributed by atoms with Crippen LogP contribution in [0.3, 0.4) is 0 Å². The third-order valence-electron chi connectivity index (χ3n) is 1.97. The normalized spacial score (nSPS) is 13.9. The average molecular weight is 268 g/mol. The summed E-state index contributed by atoms with van der Waals surface area (Å²) < 4.78 is 25.9. The van der Waals surface area contributed by atoms with E-state index < -0.39 is 10.0 Å². The van der Waals surface area contributed by atoms with Gasteiger partial charge in [0.2, 0.25) is 10.0 Å². The van der Waals surface area contributed by atoms with Crippen molar-refractivity contribution in [3.8, 4) is 0 Å². The largest absolute Gasteiger partial charge is 0.317 e. The Morgan fingerprint density at radius 3 is 2.56 bits per heavy atom.